The largest absolute Gasteiger partial charge is 0.398 e. The molecule has 108 valence electrons. The van der Waals surface area contributed by atoms with Gasteiger partial charge >= 0.3 is 0 Å². The van der Waals surface area contributed by atoms with Gasteiger partial charge in [-0.25, -0.2) is 13.1 Å². The number of thiophene rings is 1. The number of nitrogens with one attached hydrogen (secondary N) is 1. The minimum Gasteiger partial charge on any atom is -0.398 e. The molecule has 8 heteroatoms. The van der Waals surface area contributed by atoms with Gasteiger partial charge in [-0.1, -0.05) is 27.5 Å². The molecule has 0 bridgehead atoms. The topological polar surface area (TPSA) is 72.2 Å². The van der Waals surface area contributed by atoms with Crippen molar-refractivity contribution in [2.45, 2.75) is 17.9 Å². The van der Waals surface area contributed by atoms with Crippen LogP contribution < -0.4 is 10.5 Å². The third kappa shape index (κ3) is 3.53. The van der Waals surface area contributed by atoms with E-state index in [1.54, 1.807) is 31.2 Å². The van der Waals surface area contributed by atoms with Crippen LogP contribution in [0.4, 0.5) is 5.69 Å². The Bertz CT molecular complexity index is 731. The fourth-order valence-corrected chi connectivity index (χ4v) is 4.53. The molecule has 4 nitrogen and oxygen atoms in total. The van der Waals surface area contributed by atoms with Crippen molar-refractivity contribution in [2.75, 3.05) is 5.73 Å². The van der Waals surface area contributed by atoms with Crippen molar-refractivity contribution in [3.05, 3.63) is 44.0 Å². The molecule has 1 atom stereocenters. The van der Waals surface area contributed by atoms with Gasteiger partial charge in [-0.3, -0.25) is 0 Å². The molecule has 0 aliphatic carbocycles. The third-order valence-corrected chi connectivity index (χ3v) is 6.14. The van der Waals surface area contributed by atoms with Gasteiger partial charge in [0.2, 0.25) is 10.0 Å². The lowest BCUT2D eigenvalue weighted by Crippen LogP contribution is -2.27. The van der Waals surface area contributed by atoms with E-state index in [0.717, 1.165) is 9.35 Å². The molecular weight excluding hydrogens is 384 g/mol. The van der Waals surface area contributed by atoms with E-state index in [4.69, 9.17) is 17.3 Å². The van der Waals surface area contributed by atoms with E-state index in [-0.39, 0.29) is 16.6 Å². The summed E-state index contributed by atoms with van der Waals surface area (Å²) in [5.41, 5.74) is 5.96. The molecule has 1 aromatic carbocycles. The molecular formula is C12H12BrClN2O2S2. The highest BCUT2D eigenvalue weighted by Crippen LogP contribution is 2.29. The quantitative estimate of drug-likeness (QED) is 0.774. The van der Waals surface area contributed by atoms with E-state index >= 15 is 0 Å². The summed E-state index contributed by atoms with van der Waals surface area (Å²) in [5, 5.41) is 0. The number of sulfonamides is 1. The molecule has 0 amide bonds. The van der Waals surface area contributed by atoms with Gasteiger partial charge in [-0.2, -0.15) is 0 Å². The zero-order valence-electron chi connectivity index (χ0n) is 10.4. The van der Waals surface area contributed by atoms with Crippen molar-refractivity contribution in [1.82, 2.24) is 4.72 Å². The number of rotatable bonds is 4. The molecule has 1 unspecified atom stereocenters. The Labute approximate surface area is 135 Å². The first-order valence-electron chi connectivity index (χ1n) is 5.62. The Morgan fingerprint density at radius 2 is 2.05 bits per heavy atom. The summed E-state index contributed by atoms with van der Waals surface area (Å²) in [6.45, 7) is 1.76. The Morgan fingerprint density at radius 1 is 1.35 bits per heavy atom. The molecule has 3 N–H and O–H groups in total. The number of hydrogen-bond acceptors (Lipinski definition) is 4. The highest BCUT2D eigenvalue weighted by atomic mass is 79.9. The summed E-state index contributed by atoms with van der Waals surface area (Å²) in [6.07, 6.45) is 0. The standard InChI is InChI=1S/C12H12BrClN2O2S2/c1-7(10-3-5-12(14)19-10)16-20(17,18)11-4-2-8(13)6-9(11)15/h2-7,16H,15H2,1H3. The lowest BCUT2D eigenvalue weighted by molar-refractivity contribution is 0.569. The molecule has 1 aromatic heterocycles. The molecule has 0 fully saturated rings. The van der Waals surface area contributed by atoms with E-state index in [0.29, 0.717) is 4.34 Å². The molecule has 1 heterocycles. The van der Waals surface area contributed by atoms with Crippen LogP contribution in [0, 0.1) is 0 Å². The van der Waals surface area contributed by atoms with Gasteiger partial charge in [0.1, 0.15) is 4.90 Å². The predicted octanol–water partition coefficient (Wildman–Crippen LogP) is 3.79. The first-order chi connectivity index (χ1) is 9.29. The van der Waals surface area contributed by atoms with Crippen molar-refractivity contribution in [2.24, 2.45) is 0 Å². The van der Waals surface area contributed by atoms with Crippen LogP contribution in [0.15, 0.2) is 39.7 Å². The van der Waals surface area contributed by atoms with Crippen LogP contribution in [0.3, 0.4) is 0 Å². The molecule has 0 aliphatic heterocycles. The zero-order valence-corrected chi connectivity index (χ0v) is 14.4. The number of nitrogen functional groups attached to an aromatic ring is 1. The minimum atomic E-state index is -3.68. The number of hydrogen-bond donors (Lipinski definition) is 2. The monoisotopic (exact) mass is 394 g/mol. The Morgan fingerprint density at radius 3 is 2.60 bits per heavy atom. The summed E-state index contributed by atoms with van der Waals surface area (Å²) < 4.78 is 28.6. The Hall–Kier alpha value is -0.600. The summed E-state index contributed by atoms with van der Waals surface area (Å²) in [5.74, 6) is 0. The van der Waals surface area contributed by atoms with Gasteiger partial charge in [-0.05, 0) is 37.3 Å². The SMILES string of the molecule is CC(NS(=O)(=O)c1ccc(Br)cc1N)c1ccc(Cl)s1. The average molecular weight is 396 g/mol. The van der Waals surface area contributed by atoms with Crippen LogP contribution in [-0.4, -0.2) is 8.42 Å². The Balaban J connectivity index is 2.27. The first-order valence-corrected chi connectivity index (χ1v) is 9.09. The summed E-state index contributed by atoms with van der Waals surface area (Å²) in [7, 11) is -3.68. The van der Waals surface area contributed by atoms with Crippen molar-refractivity contribution in [3.63, 3.8) is 0 Å². The van der Waals surface area contributed by atoms with E-state index < -0.39 is 10.0 Å². The fraction of sp³-hybridized carbons (Fsp3) is 0.167. The Kier molecular flexibility index (Phi) is 4.76. The summed E-state index contributed by atoms with van der Waals surface area (Å²) >= 11 is 10.4. The number of halogens is 2. The molecule has 0 aliphatic rings. The smallest absolute Gasteiger partial charge is 0.243 e. The van der Waals surface area contributed by atoms with Gasteiger partial charge in [0.05, 0.1) is 16.1 Å². The highest BCUT2D eigenvalue weighted by Gasteiger charge is 2.21. The fourth-order valence-electron chi connectivity index (χ4n) is 1.68. The molecule has 0 saturated carbocycles. The predicted molar refractivity (Wildman–Crippen MR) is 86.6 cm³/mol. The first kappa shape index (κ1) is 15.8. The molecule has 0 saturated heterocycles. The zero-order chi connectivity index (χ0) is 14.9. The number of nitrogens with two attached hydrogens (primary N) is 1. The van der Waals surface area contributed by atoms with Crippen LogP contribution in [0.5, 0.6) is 0 Å². The normalized spacial score (nSPS) is 13.3. The summed E-state index contributed by atoms with van der Waals surface area (Å²) in [6, 6.07) is 7.82. The average Bonchev–Trinajstić information content (AvgIpc) is 2.74. The maximum Gasteiger partial charge on any atom is 0.243 e. The van der Waals surface area contributed by atoms with Crippen LogP contribution >= 0.6 is 38.9 Å². The molecule has 2 aromatic rings. The van der Waals surface area contributed by atoms with Gasteiger partial charge in [0, 0.05) is 9.35 Å². The molecule has 0 radical (unpaired) electrons. The van der Waals surface area contributed by atoms with Crippen molar-refractivity contribution in [1.29, 1.82) is 0 Å². The van der Waals surface area contributed by atoms with E-state index in [1.807, 2.05) is 0 Å². The third-order valence-electron chi connectivity index (χ3n) is 2.61. The van der Waals surface area contributed by atoms with Gasteiger partial charge in [0.25, 0.3) is 0 Å². The minimum absolute atomic E-state index is 0.0650. The molecule has 0 spiro atoms. The van der Waals surface area contributed by atoms with Crippen LogP contribution in [0.25, 0.3) is 0 Å². The molecule has 2 rings (SSSR count). The van der Waals surface area contributed by atoms with Crippen LogP contribution in [0.2, 0.25) is 4.34 Å². The number of anilines is 1. The maximum atomic E-state index is 12.3. The van der Waals surface area contributed by atoms with Gasteiger partial charge < -0.3 is 5.73 Å². The van der Waals surface area contributed by atoms with E-state index in [1.165, 1.54) is 17.4 Å². The van der Waals surface area contributed by atoms with E-state index in [2.05, 4.69) is 20.7 Å². The molecule has 20 heavy (non-hydrogen) atoms. The van der Waals surface area contributed by atoms with Gasteiger partial charge in [-0.15, -0.1) is 11.3 Å². The van der Waals surface area contributed by atoms with Crippen molar-refractivity contribution >= 4 is 54.6 Å². The van der Waals surface area contributed by atoms with Gasteiger partial charge in [0.15, 0.2) is 0 Å². The van der Waals surface area contributed by atoms with Crippen LogP contribution in [0.1, 0.15) is 17.8 Å². The summed E-state index contributed by atoms with van der Waals surface area (Å²) in [4.78, 5) is 0.907. The second kappa shape index (κ2) is 6.03. The van der Waals surface area contributed by atoms with Crippen molar-refractivity contribution in [3.8, 4) is 0 Å². The second-order valence-corrected chi connectivity index (χ2v) is 8.51. The van der Waals surface area contributed by atoms with E-state index in [9.17, 15) is 8.42 Å². The van der Waals surface area contributed by atoms with Crippen molar-refractivity contribution < 1.29 is 8.42 Å². The maximum absolute atomic E-state index is 12.3. The highest BCUT2D eigenvalue weighted by molar-refractivity contribution is 9.10. The van der Waals surface area contributed by atoms with Crippen LogP contribution in [-0.2, 0) is 10.0 Å². The number of benzene rings is 1. The lowest BCUT2D eigenvalue weighted by atomic mass is 10.3. The second-order valence-electron chi connectivity index (χ2n) is 4.17. The lowest BCUT2D eigenvalue weighted by Gasteiger charge is -2.14.